The Kier molecular flexibility index (Phi) is 11.2. The summed E-state index contributed by atoms with van der Waals surface area (Å²) in [5, 5.41) is 5.41. The van der Waals surface area contributed by atoms with Gasteiger partial charge in [0.2, 0.25) is 5.91 Å². The summed E-state index contributed by atoms with van der Waals surface area (Å²) in [4.78, 5) is 45.4. The summed E-state index contributed by atoms with van der Waals surface area (Å²) in [6.07, 6.45) is 0.644. The molecule has 3 amide bonds. The molecule has 0 saturated carbocycles. The van der Waals surface area contributed by atoms with E-state index in [4.69, 9.17) is 9.57 Å². The average Bonchev–Trinajstić information content (AvgIpc) is 2.97. The first kappa shape index (κ1) is 31.1. The number of rotatable bonds is 13. The maximum Gasteiger partial charge on any atom is 0.262 e. The van der Waals surface area contributed by atoms with Crippen LogP contribution >= 0.6 is 0 Å². The van der Waals surface area contributed by atoms with Gasteiger partial charge >= 0.3 is 0 Å². The van der Waals surface area contributed by atoms with E-state index in [-0.39, 0.29) is 18.7 Å². The molecule has 0 aliphatic heterocycles. The lowest BCUT2D eigenvalue weighted by atomic mass is 9.95. The van der Waals surface area contributed by atoms with Gasteiger partial charge in [0.05, 0.1) is 11.5 Å². The molecule has 3 rings (SSSR count). The third kappa shape index (κ3) is 9.61. The van der Waals surface area contributed by atoms with Gasteiger partial charge in [0, 0.05) is 13.5 Å². The van der Waals surface area contributed by atoms with Crippen molar-refractivity contribution in [2.24, 2.45) is 5.92 Å². The summed E-state index contributed by atoms with van der Waals surface area (Å²) in [5.41, 5.74) is 4.68. The molecule has 41 heavy (non-hydrogen) atoms. The second-order valence-electron chi connectivity index (χ2n) is 10.6. The fourth-order valence-electron chi connectivity index (χ4n) is 4.14. The number of amides is 3. The van der Waals surface area contributed by atoms with Gasteiger partial charge in [0.1, 0.15) is 11.8 Å². The maximum atomic E-state index is 13.8. The average molecular weight is 558 g/mol. The van der Waals surface area contributed by atoms with E-state index in [2.05, 4.69) is 22.7 Å². The molecule has 0 spiro atoms. The van der Waals surface area contributed by atoms with E-state index >= 15 is 0 Å². The molecular formula is C33H39N3O5. The topological polar surface area (TPSA) is 106 Å². The first-order valence-corrected chi connectivity index (χ1v) is 13.6. The Balaban J connectivity index is 1.91. The van der Waals surface area contributed by atoms with Crippen LogP contribution in [0.3, 0.4) is 0 Å². The molecular weight excluding hydrogens is 518 g/mol. The molecule has 0 aromatic heterocycles. The molecule has 3 atom stereocenters. The van der Waals surface area contributed by atoms with Crippen LogP contribution in [0.15, 0.2) is 97.6 Å². The van der Waals surface area contributed by atoms with Gasteiger partial charge in [-0.2, -0.15) is 0 Å². The van der Waals surface area contributed by atoms with Gasteiger partial charge in [-0.3, -0.25) is 19.2 Å². The van der Waals surface area contributed by atoms with Gasteiger partial charge in [-0.25, -0.2) is 5.48 Å². The highest BCUT2D eigenvalue weighted by molar-refractivity contribution is 5.93. The van der Waals surface area contributed by atoms with Gasteiger partial charge in [-0.1, -0.05) is 78.9 Å². The predicted molar refractivity (Wildman–Crippen MR) is 160 cm³/mol. The molecule has 8 heteroatoms. The second kappa shape index (κ2) is 14.8. The van der Waals surface area contributed by atoms with Crippen molar-refractivity contribution >= 4 is 17.7 Å². The summed E-state index contributed by atoms with van der Waals surface area (Å²) >= 11 is 0. The van der Waals surface area contributed by atoms with Gasteiger partial charge < -0.3 is 15.4 Å². The number of ether oxygens (including phenoxy) is 1. The van der Waals surface area contributed by atoms with Crippen molar-refractivity contribution in [3.05, 3.63) is 103 Å². The minimum absolute atomic E-state index is 0.128. The number of allylic oxidation sites excluding steroid dienone is 1. The highest BCUT2D eigenvalue weighted by Crippen LogP contribution is 2.25. The number of hydrogen-bond acceptors (Lipinski definition) is 5. The van der Waals surface area contributed by atoms with Crippen LogP contribution in [-0.2, 0) is 25.6 Å². The summed E-state index contributed by atoms with van der Waals surface area (Å²) in [6, 6.07) is 25.6. The quantitative estimate of drug-likeness (QED) is 0.210. The van der Waals surface area contributed by atoms with Crippen molar-refractivity contribution in [3.8, 4) is 16.9 Å². The largest absolute Gasteiger partial charge is 0.480 e. The molecule has 0 heterocycles. The van der Waals surface area contributed by atoms with E-state index in [1.807, 2.05) is 72.8 Å². The Morgan fingerprint density at radius 1 is 0.829 bits per heavy atom. The molecule has 0 aliphatic rings. The summed E-state index contributed by atoms with van der Waals surface area (Å²) in [7, 11) is 1.51. The summed E-state index contributed by atoms with van der Waals surface area (Å²) in [6.45, 7) is 9.15. The van der Waals surface area contributed by atoms with Crippen LogP contribution in [0.2, 0.25) is 0 Å². The molecule has 3 aromatic rings. The van der Waals surface area contributed by atoms with Crippen LogP contribution < -0.4 is 20.9 Å². The molecule has 0 radical (unpaired) electrons. The Hall–Kier alpha value is -4.43. The number of likely N-dealkylation sites (N-methyl/N-ethyl adjacent to an activating group) is 1. The van der Waals surface area contributed by atoms with Crippen molar-refractivity contribution < 1.29 is 24.0 Å². The van der Waals surface area contributed by atoms with Crippen LogP contribution in [0.4, 0.5) is 0 Å². The van der Waals surface area contributed by atoms with Gasteiger partial charge in [0.15, 0.2) is 6.10 Å². The minimum atomic E-state index is -1.29. The van der Waals surface area contributed by atoms with Crippen molar-refractivity contribution in [3.63, 3.8) is 0 Å². The SMILES string of the molecule is C=CC[C@H](C(=O)NOC(C)(C)C)[C@@H](Oc1ccc(-c2ccccc2)cc1)C(=O)N[C@@H](Cc1ccccc1)C(=O)NC. The van der Waals surface area contributed by atoms with Gasteiger partial charge in [0.25, 0.3) is 11.8 Å². The van der Waals surface area contributed by atoms with E-state index in [0.717, 1.165) is 16.7 Å². The third-order valence-electron chi connectivity index (χ3n) is 6.23. The highest BCUT2D eigenvalue weighted by atomic mass is 16.7. The maximum absolute atomic E-state index is 13.8. The zero-order chi connectivity index (χ0) is 29.8. The predicted octanol–water partition coefficient (Wildman–Crippen LogP) is 4.61. The lowest BCUT2D eigenvalue weighted by molar-refractivity contribution is -0.155. The zero-order valence-electron chi connectivity index (χ0n) is 24.1. The highest BCUT2D eigenvalue weighted by Gasteiger charge is 2.37. The van der Waals surface area contributed by atoms with Crippen molar-refractivity contribution in [2.75, 3.05) is 7.05 Å². The Bertz CT molecular complexity index is 1290. The molecule has 0 unspecified atom stereocenters. The molecule has 8 nitrogen and oxygen atoms in total. The Morgan fingerprint density at radius 3 is 1.98 bits per heavy atom. The molecule has 3 N–H and O–H groups in total. The van der Waals surface area contributed by atoms with Crippen LogP contribution in [0.5, 0.6) is 5.75 Å². The first-order chi connectivity index (χ1) is 19.6. The molecule has 0 bridgehead atoms. The van der Waals surface area contributed by atoms with Crippen molar-refractivity contribution in [2.45, 2.75) is 51.4 Å². The van der Waals surface area contributed by atoms with E-state index in [1.165, 1.54) is 7.05 Å². The van der Waals surface area contributed by atoms with Crippen LogP contribution in [0.25, 0.3) is 11.1 Å². The number of carbonyl (C=O) groups excluding carboxylic acids is 3. The fraction of sp³-hybridized carbons (Fsp3) is 0.303. The lowest BCUT2D eigenvalue weighted by Crippen LogP contribution is -2.55. The van der Waals surface area contributed by atoms with Crippen LogP contribution in [-0.4, -0.2) is 42.5 Å². The molecule has 0 aliphatic carbocycles. The Labute approximate surface area is 242 Å². The van der Waals surface area contributed by atoms with Crippen molar-refractivity contribution in [1.82, 2.24) is 16.1 Å². The van der Waals surface area contributed by atoms with E-state index in [9.17, 15) is 14.4 Å². The number of hydroxylamine groups is 1. The van der Waals surface area contributed by atoms with E-state index in [0.29, 0.717) is 5.75 Å². The van der Waals surface area contributed by atoms with Crippen LogP contribution in [0.1, 0.15) is 32.8 Å². The monoisotopic (exact) mass is 557 g/mol. The standard InChI is InChI=1S/C33H39N3O5/c1-6-13-27(30(37)36-41-33(2,3)4)29(40-26-20-18-25(19-21-26)24-16-11-8-12-17-24)32(39)35-28(31(38)34-5)22-23-14-9-7-10-15-23/h6-12,14-21,27-29H,1,13,22H2,2-5H3,(H,34,38)(H,35,39)(H,36,37)/t27-,28-,29+/m0/s1. The van der Waals surface area contributed by atoms with Gasteiger partial charge in [-0.05, 0) is 56.0 Å². The molecule has 216 valence electrons. The normalized spacial score (nSPS) is 13.3. The number of hydrogen-bond donors (Lipinski definition) is 3. The van der Waals surface area contributed by atoms with Gasteiger partial charge in [-0.15, -0.1) is 6.58 Å². The second-order valence-corrected chi connectivity index (χ2v) is 10.6. The third-order valence-corrected chi connectivity index (χ3v) is 6.23. The number of carbonyl (C=O) groups is 3. The summed E-state index contributed by atoms with van der Waals surface area (Å²) < 4.78 is 6.19. The van der Waals surface area contributed by atoms with Crippen LogP contribution in [0, 0.1) is 5.92 Å². The molecule has 0 fully saturated rings. The molecule has 3 aromatic carbocycles. The van der Waals surface area contributed by atoms with Crippen molar-refractivity contribution in [1.29, 1.82) is 0 Å². The van der Waals surface area contributed by atoms with E-state index < -0.39 is 35.5 Å². The van der Waals surface area contributed by atoms with E-state index in [1.54, 1.807) is 39.0 Å². The zero-order valence-corrected chi connectivity index (χ0v) is 24.1. The number of nitrogens with one attached hydrogen (secondary N) is 3. The summed E-state index contributed by atoms with van der Waals surface area (Å²) in [5.74, 6) is -2.12. The number of benzene rings is 3. The smallest absolute Gasteiger partial charge is 0.262 e. The Morgan fingerprint density at radius 2 is 1.41 bits per heavy atom. The lowest BCUT2D eigenvalue weighted by Gasteiger charge is -2.29. The fourth-order valence-corrected chi connectivity index (χ4v) is 4.14. The minimum Gasteiger partial charge on any atom is -0.480 e. The first-order valence-electron chi connectivity index (χ1n) is 13.6. The molecule has 0 saturated heterocycles.